The van der Waals surface area contributed by atoms with E-state index in [0.717, 1.165) is 55.9 Å². The van der Waals surface area contributed by atoms with Gasteiger partial charge in [0.15, 0.2) is 5.43 Å². The molecule has 1 fully saturated rings. The monoisotopic (exact) mass is 495 g/mol. The number of hydrogen-bond acceptors (Lipinski definition) is 7. The van der Waals surface area contributed by atoms with E-state index >= 15 is 0 Å². The maximum Gasteiger partial charge on any atom is 0.225 e. The summed E-state index contributed by atoms with van der Waals surface area (Å²) in [5.74, 6) is 1.81. The van der Waals surface area contributed by atoms with Crippen LogP contribution in [0.4, 0.5) is 11.8 Å². The predicted octanol–water partition coefficient (Wildman–Crippen LogP) is 5.00. The van der Waals surface area contributed by atoms with Gasteiger partial charge in [-0.15, -0.1) is 0 Å². The number of rotatable bonds is 6. The van der Waals surface area contributed by atoms with Crippen LogP contribution in [0.1, 0.15) is 60.9 Å². The first-order valence-electron chi connectivity index (χ1n) is 12.7. The Morgan fingerprint density at radius 1 is 1.09 bits per heavy atom. The van der Waals surface area contributed by atoms with Gasteiger partial charge in [0.2, 0.25) is 5.95 Å². The Kier molecular flexibility index (Phi) is 6.98. The molecule has 0 radical (unpaired) electrons. The first-order valence-corrected chi connectivity index (χ1v) is 13.0. The van der Waals surface area contributed by atoms with Crippen LogP contribution >= 0.6 is 11.6 Å². The number of fused-ring (bicyclic) bond motifs is 2. The van der Waals surface area contributed by atoms with Gasteiger partial charge in [-0.2, -0.15) is 4.98 Å². The van der Waals surface area contributed by atoms with Crippen molar-refractivity contribution < 1.29 is 4.42 Å². The summed E-state index contributed by atoms with van der Waals surface area (Å²) in [4.78, 5) is 24.7. The number of anilines is 2. The molecule has 8 heteroatoms. The molecular formula is C27H34ClN5O2. The summed E-state index contributed by atoms with van der Waals surface area (Å²) >= 11 is 6.23. The molecule has 1 saturated carbocycles. The molecule has 0 aliphatic heterocycles. The highest BCUT2D eigenvalue weighted by Gasteiger charge is 2.24. The summed E-state index contributed by atoms with van der Waals surface area (Å²) in [6.07, 6.45) is 10.3. The van der Waals surface area contributed by atoms with Crippen molar-refractivity contribution in [1.29, 1.82) is 0 Å². The summed E-state index contributed by atoms with van der Waals surface area (Å²) < 4.78 is 5.72. The summed E-state index contributed by atoms with van der Waals surface area (Å²) in [5, 5.41) is 8.29. The van der Waals surface area contributed by atoms with Gasteiger partial charge in [-0.3, -0.25) is 4.79 Å². The lowest BCUT2D eigenvalue weighted by molar-refractivity contribution is 0.351. The zero-order chi connectivity index (χ0) is 24.5. The van der Waals surface area contributed by atoms with Crippen molar-refractivity contribution in [1.82, 2.24) is 15.3 Å². The van der Waals surface area contributed by atoms with Crippen LogP contribution in [0.5, 0.6) is 0 Å². The number of aryl methyl sites for hydroxylation is 2. The van der Waals surface area contributed by atoms with Crippen LogP contribution in [0.25, 0.3) is 11.0 Å². The Labute approximate surface area is 211 Å². The third kappa shape index (κ3) is 5.16. The zero-order valence-corrected chi connectivity index (χ0v) is 21.5. The fourth-order valence-corrected chi connectivity index (χ4v) is 5.46. The maximum absolute atomic E-state index is 12.9. The van der Waals surface area contributed by atoms with Gasteiger partial charge < -0.3 is 20.0 Å². The van der Waals surface area contributed by atoms with E-state index in [1.807, 2.05) is 13.0 Å². The van der Waals surface area contributed by atoms with Crippen molar-refractivity contribution in [2.24, 2.45) is 0 Å². The van der Waals surface area contributed by atoms with E-state index in [1.54, 1.807) is 12.3 Å². The Bertz CT molecular complexity index is 1280. The molecule has 7 nitrogen and oxygen atoms in total. The Morgan fingerprint density at radius 3 is 2.60 bits per heavy atom. The van der Waals surface area contributed by atoms with Crippen molar-refractivity contribution in [3.05, 3.63) is 56.0 Å². The number of nitrogens with one attached hydrogen (secondary N) is 2. The van der Waals surface area contributed by atoms with Crippen LogP contribution in [-0.4, -0.2) is 36.1 Å². The normalized spacial score (nSPS) is 20.0. The Hall–Kier alpha value is -2.64. The second-order valence-electron chi connectivity index (χ2n) is 10.2. The van der Waals surface area contributed by atoms with Crippen LogP contribution in [0.3, 0.4) is 0 Å². The number of halogens is 1. The largest absolute Gasteiger partial charge is 0.464 e. The lowest BCUT2D eigenvalue weighted by atomic mass is 9.91. The van der Waals surface area contributed by atoms with Gasteiger partial charge in [0.05, 0.1) is 17.3 Å². The molecular weight excluding hydrogens is 462 g/mol. The molecule has 2 heterocycles. The number of aromatic nitrogens is 2. The summed E-state index contributed by atoms with van der Waals surface area (Å²) in [6.45, 7) is 2.40. The number of hydrogen-bond donors (Lipinski definition) is 2. The summed E-state index contributed by atoms with van der Waals surface area (Å²) in [7, 11) is 4.12. The van der Waals surface area contributed by atoms with Crippen LogP contribution in [0, 0.1) is 6.92 Å². The molecule has 0 amide bonds. The molecule has 186 valence electrons. The molecule has 0 unspecified atom stereocenters. The lowest BCUT2D eigenvalue weighted by Gasteiger charge is -2.30. The summed E-state index contributed by atoms with van der Waals surface area (Å²) in [5.41, 5.74) is 4.62. The fraction of sp³-hybridized carbons (Fsp3) is 0.519. The average Bonchev–Trinajstić information content (AvgIpc) is 2.85. The average molecular weight is 496 g/mol. The number of benzene rings is 1. The summed E-state index contributed by atoms with van der Waals surface area (Å²) in [6, 6.07) is 4.26. The third-order valence-electron chi connectivity index (χ3n) is 7.35. The van der Waals surface area contributed by atoms with Gasteiger partial charge >= 0.3 is 0 Å². The molecule has 3 aromatic rings. The van der Waals surface area contributed by atoms with Crippen molar-refractivity contribution in [3.8, 4) is 0 Å². The van der Waals surface area contributed by atoms with Crippen molar-refractivity contribution in [3.63, 3.8) is 0 Å². The van der Waals surface area contributed by atoms with Gasteiger partial charge in [-0.25, -0.2) is 4.98 Å². The predicted molar refractivity (Wildman–Crippen MR) is 142 cm³/mol. The molecule has 35 heavy (non-hydrogen) atoms. The van der Waals surface area contributed by atoms with Crippen LogP contribution < -0.4 is 21.0 Å². The molecule has 0 atom stereocenters. The van der Waals surface area contributed by atoms with E-state index in [0.29, 0.717) is 40.2 Å². The van der Waals surface area contributed by atoms with E-state index in [2.05, 4.69) is 29.6 Å². The van der Waals surface area contributed by atoms with Gasteiger partial charge in [-0.1, -0.05) is 11.6 Å². The number of nitrogens with zero attached hydrogens (tertiary/aromatic N) is 3. The molecule has 0 spiro atoms. The highest BCUT2D eigenvalue weighted by atomic mass is 35.5. The molecule has 0 bridgehead atoms. The highest BCUT2D eigenvalue weighted by molar-refractivity contribution is 6.32. The first kappa shape index (κ1) is 24.1. The smallest absolute Gasteiger partial charge is 0.225 e. The molecule has 2 N–H and O–H groups in total. The minimum absolute atomic E-state index is 0.0164. The van der Waals surface area contributed by atoms with Crippen molar-refractivity contribution >= 4 is 34.3 Å². The molecule has 2 aliphatic carbocycles. The first-order chi connectivity index (χ1) is 16.9. The van der Waals surface area contributed by atoms with E-state index in [9.17, 15) is 4.79 Å². The lowest BCUT2D eigenvalue weighted by Crippen LogP contribution is -2.37. The van der Waals surface area contributed by atoms with Crippen LogP contribution in [-0.2, 0) is 19.4 Å². The van der Waals surface area contributed by atoms with Crippen molar-refractivity contribution in [2.75, 3.05) is 24.3 Å². The minimum Gasteiger partial charge on any atom is -0.464 e. The standard InChI is InChI=1S/C27H34ClN5O2/c1-16-12-24-21(13-22(16)28)25(34)17(15-35-24)14-29-18-8-10-19(11-9-18)30-27-31-23-7-5-4-6-20(23)26(32-27)33(2)3/h12-13,15,18-19,29H,4-11,14H2,1-3H3,(H,30,31,32)/t18-,19+. The second kappa shape index (κ2) is 10.2. The molecule has 2 aliphatic rings. The van der Waals surface area contributed by atoms with E-state index < -0.39 is 0 Å². The molecule has 1 aromatic carbocycles. The second-order valence-corrected chi connectivity index (χ2v) is 10.6. The van der Waals surface area contributed by atoms with Crippen LogP contribution in [0.2, 0.25) is 5.02 Å². The molecule has 2 aromatic heterocycles. The maximum atomic E-state index is 12.9. The van der Waals surface area contributed by atoms with Gasteiger partial charge in [0, 0.05) is 48.9 Å². The SMILES string of the molecule is Cc1cc2occ(CN[C@H]3CC[C@@H](Nc4nc5c(c(N(C)C)n4)CCCC5)CC3)c(=O)c2cc1Cl. The third-order valence-corrected chi connectivity index (χ3v) is 7.76. The molecule has 5 rings (SSSR count). The topological polar surface area (TPSA) is 83.3 Å². The Balaban J connectivity index is 1.19. The fourth-order valence-electron chi connectivity index (χ4n) is 5.30. The van der Waals surface area contributed by atoms with Crippen LogP contribution in [0.15, 0.2) is 27.6 Å². The van der Waals surface area contributed by atoms with E-state index in [1.165, 1.54) is 24.1 Å². The zero-order valence-electron chi connectivity index (χ0n) is 20.8. The van der Waals surface area contributed by atoms with E-state index in [-0.39, 0.29) is 5.43 Å². The van der Waals surface area contributed by atoms with Gasteiger partial charge in [-0.05, 0) is 76.0 Å². The minimum atomic E-state index is -0.0164. The van der Waals surface area contributed by atoms with Gasteiger partial charge in [0.1, 0.15) is 11.4 Å². The molecule has 0 saturated heterocycles. The Morgan fingerprint density at radius 2 is 1.83 bits per heavy atom. The quantitative estimate of drug-likeness (QED) is 0.497. The van der Waals surface area contributed by atoms with Gasteiger partial charge in [0.25, 0.3) is 0 Å². The van der Waals surface area contributed by atoms with E-state index in [4.69, 9.17) is 26.0 Å². The highest BCUT2D eigenvalue weighted by Crippen LogP contribution is 2.29. The van der Waals surface area contributed by atoms with Crippen molar-refractivity contribution in [2.45, 2.75) is 76.9 Å².